The van der Waals surface area contributed by atoms with E-state index in [1.165, 1.54) is 16.2 Å². The molecule has 0 N–H and O–H groups in total. The average Bonchev–Trinajstić information content (AvgIpc) is 2.34. The van der Waals surface area contributed by atoms with E-state index in [0.717, 1.165) is 10.8 Å². The number of rotatable bonds is 1. The first-order valence-corrected chi connectivity index (χ1v) is 3.67. The monoisotopic (exact) mass is 153 g/mol. The van der Waals surface area contributed by atoms with Crippen molar-refractivity contribution in [2.24, 2.45) is 0 Å². The van der Waals surface area contributed by atoms with E-state index in [1.54, 1.807) is 7.05 Å². The number of hydrogen-bond donors (Lipinski definition) is 0. The van der Waals surface area contributed by atoms with Crippen molar-refractivity contribution in [3.63, 3.8) is 0 Å². The Morgan fingerprint density at radius 3 is 2.90 bits per heavy atom. The van der Waals surface area contributed by atoms with Crippen LogP contribution in [0.15, 0.2) is 5.38 Å². The van der Waals surface area contributed by atoms with Crippen LogP contribution in [0.25, 0.3) is 0 Å². The Hall–Kier alpha value is -1.08. The Morgan fingerprint density at radius 1 is 1.80 bits per heavy atom. The van der Waals surface area contributed by atoms with Crippen molar-refractivity contribution in [2.45, 2.75) is 6.92 Å². The molecule has 0 amide bonds. The lowest BCUT2D eigenvalue weighted by molar-refractivity contribution is 1.14. The Morgan fingerprint density at radius 2 is 2.50 bits per heavy atom. The maximum absolute atomic E-state index is 8.44. The molecule has 0 unspecified atom stereocenters. The molecule has 4 heteroatoms. The van der Waals surface area contributed by atoms with Gasteiger partial charge in [-0.3, -0.25) is 4.90 Å². The van der Waals surface area contributed by atoms with Crippen molar-refractivity contribution in [1.29, 1.82) is 5.26 Å². The van der Waals surface area contributed by atoms with Crippen LogP contribution < -0.4 is 4.90 Å². The van der Waals surface area contributed by atoms with Gasteiger partial charge in [0, 0.05) is 12.4 Å². The highest BCUT2D eigenvalue weighted by Crippen LogP contribution is 2.17. The highest BCUT2D eigenvalue weighted by Gasteiger charge is 2.01. The van der Waals surface area contributed by atoms with E-state index in [1.807, 2.05) is 18.5 Å². The quantitative estimate of drug-likeness (QED) is 0.452. The van der Waals surface area contributed by atoms with E-state index in [0.29, 0.717) is 0 Å². The summed E-state index contributed by atoms with van der Waals surface area (Å²) in [6.45, 7) is 1.91. The minimum absolute atomic E-state index is 0.750. The zero-order valence-electron chi connectivity index (χ0n) is 5.83. The lowest BCUT2D eigenvalue weighted by Gasteiger charge is -2.00. The van der Waals surface area contributed by atoms with E-state index in [9.17, 15) is 0 Å². The fraction of sp³-hybridized carbons (Fsp3) is 0.333. The van der Waals surface area contributed by atoms with Gasteiger partial charge >= 0.3 is 0 Å². The van der Waals surface area contributed by atoms with Crippen LogP contribution >= 0.6 is 11.3 Å². The molecule has 0 radical (unpaired) electrons. The van der Waals surface area contributed by atoms with Crippen LogP contribution in [0.2, 0.25) is 0 Å². The first-order valence-electron chi connectivity index (χ1n) is 2.79. The number of thiazole rings is 1. The first-order chi connectivity index (χ1) is 4.74. The van der Waals surface area contributed by atoms with Crippen molar-refractivity contribution in [3.05, 3.63) is 11.1 Å². The number of aromatic nitrogens is 1. The summed E-state index contributed by atoms with van der Waals surface area (Å²) in [6.07, 6.45) is 1.98. The minimum Gasteiger partial charge on any atom is -0.258 e. The molecule has 0 fully saturated rings. The second-order valence-electron chi connectivity index (χ2n) is 1.93. The molecule has 1 aromatic heterocycles. The maximum atomic E-state index is 8.44. The van der Waals surface area contributed by atoms with Crippen molar-refractivity contribution >= 4 is 16.5 Å². The summed E-state index contributed by atoms with van der Waals surface area (Å²) in [7, 11) is 1.69. The SMILES string of the molecule is Cc1csc(N(C)C#N)n1. The van der Waals surface area contributed by atoms with Gasteiger partial charge in [-0.15, -0.1) is 11.3 Å². The number of aryl methyl sites for hydroxylation is 1. The largest absolute Gasteiger partial charge is 0.258 e. The van der Waals surface area contributed by atoms with E-state index in [4.69, 9.17) is 5.26 Å². The van der Waals surface area contributed by atoms with Gasteiger partial charge in [-0.1, -0.05) is 0 Å². The Kier molecular flexibility index (Phi) is 1.88. The van der Waals surface area contributed by atoms with Crippen LogP contribution in [0.4, 0.5) is 5.13 Å². The van der Waals surface area contributed by atoms with Gasteiger partial charge in [0.05, 0.1) is 5.69 Å². The molecule has 0 bridgehead atoms. The zero-order chi connectivity index (χ0) is 7.56. The maximum Gasteiger partial charge on any atom is 0.198 e. The van der Waals surface area contributed by atoms with Gasteiger partial charge in [0.25, 0.3) is 0 Å². The Labute approximate surface area is 63.5 Å². The van der Waals surface area contributed by atoms with Gasteiger partial charge in [0.15, 0.2) is 11.3 Å². The molecule has 1 aromatic rings. The lowest BCUT2D eigenvalue weighted by atomic mass is 10.6. The topological polar surface area (TPSA) is 39.9 Å². The predicted octanol–water partition coefficient (Wildman–Crippen LogP) is 1.37. The molecular weight excluding hydrogens is 146 g/mol. The van der Waals surface area contributed by atoms with E-state index in [-0.39, 0.29) is 0 Å². The van der Waals surface area contributed by atoms with Gasteiger partial charge in [-0.25, -0.2) is 4.98 Å². The first kappa shape index (κ1) is 7.03. The fourth-order valence-electron chi connectivity index (χ4n) is 0.538. The van der Waals surface area contributed by atoms with Crippen LogP contribution in [0.3, 0.4) is 0 Å². The van der Waals surface area contributed by atoms with Gasteiger partial charge in [-0.05, 0) is 6.92 Å². The van der Waals surface area contributed by atoms with Crippen molar-refractivity contribution in [1.82, 2.24) is 4.98 Å². The minimum atomic E-state index is 0.750. The molecule has 0 aliphatic carbocycles. The average molecular weight is 153 g/mol. The molecule has 0 atom stereocenters. The Balaban J connectivity index is 2.87. The molecule has 0 aliphatic rings. The van der Waals surface area contributed by atoms with Gasteiger partial charge in [-0.2, -0.15) is 5.26 Å². The summed E-state index contributed by atoms with van der Waals surface area (Å²) in [6, 6.07) is 0. The third kappa shape index (κ3) is 1.25. The molecular formula is C6H7N3S. The fourth-order valence-corrected chi connectivity index (χ4v) is 1.26. The van der Waals surface area contributed by atoms with E-state index < -0.39 is 0 Å². The second kappa shape index (κ2) is 2.67. The summed E-state index contributed by atoms with van der Waals surface area (Å²) >= 11 is 1.47. The molecule has 1 rings (SSSR count). The lowest BCUT2D eigenvalue weighted by Crippen LogP contribution is -2.06. The van der Waals surface area contributed by atoms with Gasteiger partial charge in [0.1, 0.15) is 0 Å². The number of nitriles is 1. The van der Waals surface area contributed by atoms with Crippen LogP contribution in [0, 0.1) is 18.4 Å². The third-order valence-electron chi connectivity index (χ3n) is 1.04. The summed E-state index contributed by atoms with van der Waals surface area (Å²) < 4.78 is 0. The van der Waals surface area contributed by atoms with E-state index >= 15 is 0 Å². The molecule has 0 spiro atoms. The zero-order valence-corrected chi connectivity index (χ0v) is 6.64. The number of nitrogens with zero attached hydrogens (tertiary/aromatic N) is 3. The smallest absolute Gasteiger partial charge is 0.198 e. The number of anilines is 1. The third-order valence-corrected chi connectivity index (χ3v) is 2.08. The summed E-state index contributed by atoms with van der Waals surface area (Å²) in [5.74, 6) is 0. The molecule has 3 nitrogen and oxygen atoms in total. The molecule has 0 aliphatic heterocycles. The van der Waals surface area contributed by atoms with Crippen molar-refractivity contribution in [3.8, 4) is 6.19 Å². The standard InChI is InChI=1S/C6H7N3S/c1-5-3-10-6(8-5)9(2)4-7/h3H,1-2H3. The summed E-state index contributed by atoms with van der Waals surface area (Å²) in [4.78, 5) is 5.55. The summed E-state index contributed by atoms with van der Waals surface area (Å²) in [5, 5.41) is 11.1. The van der Waals surface area contributed by atoms with Gasteiger partial charge in [0.2, 0.25) is 0 Å². The van der Waals surface area contributed by atoms with Crippen LogP contribution in [-0.4, -0.2) is 12.0 Å². The molecule has 0 aromatic carbocycles. The molecule has 10 heavy (non-hydrogen) atoms. The molecule has 0 saturated carbocycles. The van der Waals surface area contributed by atoms with Crippen LogP contribution in [0.1, 0.15) is 5.69 Å². The second-order valence-corrected chi connectivity index (χ2v) is 2.77. The van der Waals surface area contributed by atoms with Crippen molar-refractivity contribution < 1.29 is 0 Å². The molecule has 0 saturated heterocycles. The van der Waals surface area contributed by atoms with Gasteiger partial charge < -0.3 is 0 Å². The highest BCUT2D eigenvalue weighted by atomic mass is 32.1. The van der Waals surface area contributed by atoms with Crippen LogP contribution in [0.5, 0.6) is 0 Å². The summed E-state index contributed by atoms with van der Waals surface area (Å²) in [5.41, 5.74) is 0.960. The van der Waals surface area contributed by atoms with Crippen LogP contribution in [-0.2, 0) is 0 Å². The highest BCUT2D eigenvalue weighted by molar-refractivity contribution is 7.13. The Bertz CT molecular complexity index is 260. The molecule has 52 valence electrons. The predicted molar refractivity (Wildman–Crippen MR) is 40.9 cm³/mol. The van der Waals surface area contributed by atoms with Crippen molar-refractivity contribution in [2.75, 3.05) is 11.9 Å². The molecule has 1 heterocycles. The normalized spacial score (nSPS) is 8.90. The van der Waals surface area contributed by atoms with E-state index in [2.05, 4.69) is 4.98 Å². The number of hydrogen-bond acceptors (Lipinski definition) is 4.